The first kappa shape index (κ1) is 30.5. The molecule has 2 amide bonds. The Labute approximate surface area is 235 Å². The van der Waals surface area contributed by atoms with E-state index in [0.717, 1.165) is 18.2 Å². The first-order chi connectivity index (χ1) is 19.7. The number of carbonyl (C=O) groups excluding carboxylic acids is 2. The molecule has 3 N–H and O–H groups in total. The smallest absolute Gasteiger partial charge is 0.493 e. The molecule has 3 aromatic rings. The summed E-state index contributed by atoms with van der Waals surface area (Å²) in [5.41, 5.74) is 5.95. The third-order valence-electron chi connectivity index (χ3n) is 6.77. The molecule has 0 spiro atoms. The van der Waals surface area contributed by atoms with Gasteiger partial charge in [-0.1, -0.05) is 6.07 Å². The van der Waals surface area contributed by atoms with Crippen LogP contribution in [0.1, 0.15) is 58.0 Å². The fourth-order valence-electron chi connectivity index (χ4n) is 4.71. The van der Waals surface area contributed by atoms with Gasteiger partial charge in [0.15, 0.2) is 11.5 Å². The molecular formula is C28H25F6N3O5. The number of ether oxygens (including phenoxy) is 3. The Morgan fingerprint density at radius 3 is 2.24 bits per heavy atom. The van der Waals surface area contributed by atoms with Crippen LogP contribution in [0.15, 0.2) is 54.7 Å². The van der Waals surface area contributed by atoms with Gasteiger partial charge in [0.25, 0.3) is 11.8 Å². The molecule has 224 valence electrons. The van der Waals surface area contributed by atoms with E-state index in [0.29, 0.717) is 5.56 Å². The van der Waals surface area contributed by atoms with Crippen LogP contribution in [0.25, 0.3) is 0 Å². The number of methoxy groups -OCH3 is 1. The minimum absolute atomic E-state index is 0.0159. The van der Waals surface area contributed by atoms with E-state index in [1.54, 1.807) is 6.07 Å². The molecule has 1 saturated carbocycles. The predicted octanol–water partition coefficient (Wildman–Crippen LogP) is 6.97. The summed E-state index contributed by atoms with van der Waals surface area (Å²) in [5.74, 6) is -3.93. The van der Waals surface area contributed by atoms with Crippen molar-refractivity contribution in [3.63, 3.8) is 0 Å². The Morgan fingerprint density at radius 1 is 0.905 bits per heavy atom. The summed E-state index contributed by atoms with van der Waals surface area (Å²) in [6, 6.07) is 10.3. The molecule has 1 aliphatic carbocycles. The van der Waals surface area contributed by atoms with E-state index in [1.165, 1.54) is 37.6 Å². The van der Waals surface area contributed by atoms with Crippen molar-refractivity contribution in [2.45, 2.75) is 44.1 Å². The third-order valence-corrected chi connectivity index (χ3v) is 6.77. The molecule has 0 bridgehead atoms. The van der Waals surface area contributed by atoms with Crippen LogP contribution in [0.3, 0.4) is 0 Å². The molecule has 14 heteroatoms. The lowest BCUT2D eigenvalue weighted by molar-refractivity contribution is -0.274. The van der Waals surface area contributed by atoms with Crippen LogP contribution in [0.4, 0.5) is 32.0 Å². The topological polar surface area (TPSA) is 113 Å². The number of nitrogens with one attached hydrogen (secondary N) is 1. The molecule has 1 aliphatic rings. The zero-order valence-corrected chi connectivity index (χ0v) is 22.0. The lowest BCUT2D eigenvalue weighted by Crippen LogP contribution is -2.27. The zero-order valence-electron chi connectivity index (χ0n) is 22.0. The molecule has 42 heavy (non-hydrogen) atoms. The number of amides is 2. The maximum Gasteiger partial charge on any atom is 0.573 e. The number of nitrogens with zero attached hydrogens (tertiary/aromatic N) is 1. The number of halogens is 6. The number of aromatic nitrogens is 1. The van der Waals surface area contributed by atoms with Crippen molar-refractivity contribution in [2.24, 2.45) is 11.7 Å². The van der Waals surface area contributed by atoms with E-state index in [4.69, 9.17) is 15.2 Å². The van der Waals surface area contributed by atoms with Crippen LogP contribution in [-0.2, 0) is 0 Å². The number of hydrogen-bond acceptors (Lipinski definition) is 6. The van der Waals surface area contributed by atoms with Crippen LogP contribution >= 0.6 is 0 Å². The molecule has 0 saturated heterocycles. The van der Waals surface area contributed by atoms with Gasteiger partial charge in [0.1, 0.15) is 17.2 Å². The number of rotatable bonds is 8. The Kier molecular flexibility index (Phi) is 8.83. The van der Waals surface area contributed by atoms with Crippen molar-refractivity contribution in [2.75, 3.05) is 12.4 Å². The highest BCUT2D eigenvalue weighted by atomic mass is 19.4. The summed E-state index contributed by atoms with van der Waals surface area (Å²) < 4.78 is 92.7. The highest BCUT2D eigenvalue weighted by Gasteiger charge is 2.41. The van der Waals surface area contributed by atoms with Gasteiger partial charge in [-0.3, -0.25) is 14.6 Å². The van der Waals surface area contributed by atoms with Crippen molar-refractivity contribution in [1.82, 2.24) is 4.98 Å². The highest BCUT2D eigenvalue weighted by Crippen LogP contribution is 2.44. The molecule has 2 aromatic carbocycles. The first-order valence-corrected chi connectivity index (χ1v) is 12.6. The fourth-order valence-corrected chi connectivity index (χ4v) is 4.71. The number of benzene rings is 2. The summed E-state index contributed by atoms with van der Waals surface area (Å²) in [7, 11) is 1.20. The van der Waals surface area contributed by atoms with Gasteiger partial charge in [-0.2, -0.15) is 13.2 Å². The number of primary amides is 1. The Morgan fingerprint density at radius 2 is 1.62 bits per heavy atom. The zero-order chi connectivity index (χ0) is 30.7. The van der Waals surface area contributed by atoms with E-state index in [1.807, 2.05) is 0 Å². The van der Waals surface area contributed by atoms with Gasteiger partial charge in [-0.05, 0) is 73.6 Å². The van der Waals surface area contributed by atoms with Gasteiger partial charge in [0, 0.05) is 18.0 Å². The van der Waals surface area contributed by atoms with Crippen LogP contribution in [0.5, 0.6) is 23.0 Å². The number of nitrogens with two attached hydrogens (primary N) is 1. The van der Waals surface area contributed by atoms with E-state index >= 15 is 0 Å². The van der Waals surface area contributed by atoms with Crippen molar-refractivity contribution in [3.05, 3.63) is 71.5 Å². The second-order valence-corrected chi connectivity index (χ2v) is 9.56. The van der Waals surface area contributed by atoms with Crippen molar-refractivity contribution >= 4 is 17.5 Å². The summed E-state index contributed by atoms with van der Waals surface area (Å²) in [6.07, 6.45) is -7.54. The number of alkyl halides is 6. The van der Waals surface area contributed by atoms with Crippen LogP contribution in [0, 0.1) is 5.92 Å². The summed E-state index contributed by atoms with van der Waals surface area (Å²) in [4.78, 5) is 28.6. The molecule has 0 unspecified atom stereocenters. The largest absolute Gasteiger partial charge is 0.573 e. The minimum atomic E-state index is -4.95. The monoisotopic (exact) mass is 597 g/mol. The molecule has 1 heterocycles. The number of pyridine rings is 1. The molecule has 1 fully saturated rings. The summed E-state index contributed by atoms with van der Waals surface area (Å²) in [6.45, 7) is 0. The first-order valence-electron chi connectivity index (χ1n) is 12.6. The van der Waals surface area contributed by atoms with Gasteiger partial charge in [0.05, 0.1) is 18.6 Å². The predicted molar refractivity (Wildman–Crippen MR) is 138 cm³/mol. The fraction of sp³-hybridized carbons (Fsp3) is 0.321. The van der Waals surface area contributed by atoms with Crippen LogP contribution in [0.2, 0.25) is 0 Å². The maximum absolute atomic E-state index is 13.3. The third kappa shape index (κ3) is 7.62. The van der Waals surface area contributed by atoms with Gasteiger partial charge in [-0.25, -0.2) is 0 Å². The Hall–Kier alpha value is -4.49. The Bertz CT molecular complexity index is 1450. The van der Waals surface area contributed by atoms with E-state index < -0.39 is 36.0 Å². The van der Waals surface area contributed by atoms with Crippen molar-refractivity contribution < 1.29 is 50.1 Å². The molecule has 0 atom stereocenters. The quantitative estimate of drug-likeness (QED) is 0.271. The average molecular weight is 598 g/mol. The second kappa shape index (κ2) is 12.2. The molecule has 4 rings (SSSR count). The van der Waals surface area contributed by atoms with E-state index in [2.05, 4.69) is 15.0 Å². The standard InChI is InChI=1S/C28H25F6N3O5/c1-40-24-14-19(42-28(32,33)34)7-9-22(24)41-23-12-16(15-2-5-17(6-3-15)27(29,30)31)4-8-20(23)26(39)37-18-10-11-36-21(13-18)25(35)38/h4,7-15,17H,2-3,5-6H2,1H3,(H2,35,38)(H,36,37,39)/t15-,17+. The highest BCUT2D eigenvalue weighted by molar-refractivity contribution is 6.06. The lowest BCUT2D eigenvalue weighted by atomic mass is 9.78. The van der Waals surface area contributed by atoms with E-state index in [-0.39, 0.29) is 65.8 Å². The van der Waals surface area contributed by atoms with Gasteiger partial charge in [-0.15, -0.1) is 13.2 Å². The maximum atomic E-state index is 13.3. The molecule has 0 aliphatic heterocycles. The van der Waals surface area contributed by atoms with Gasteiger partial charge < -0.3 is 25.3 Å². The van der Waals surface area contributed by atoms with Crippen molar-refractivity contribution in [1.29, 1.82) is 0 Å². The SMILES string of the molecule is COc1cc(OC(F)(F)F)ccc1Oc1cc([C@H]2CC[C@@H](C(F)(F)F)CC2)ccc1C(=O)Nc1ccnc(C(N)=O)c1. The Balaban J connectivity index is 1.66. The van der Waals surface area contributed by atoms with Crippen LogP contribution in [-0.4, -0.2) is 36.4 Å². The number of hydrogen-bond donors (Lipinski definition) is 2. The normalized spacial score (nSPS) is 17.3. The molecule has 1 aromatic heterocycles. The number of carbonyl (C=O) groups is 2. The second-order valence-electron chi connectivity index (χ2n) is 9.56. The molecule has 8 nitrogen and oxygen atoms in total. The van der Waals surface area contributed by atoms with Gasteiger partial charge in [0.2, 0.25) is 0 Å². The summed E-state index contributed by atoms with van der Waals surface area (Å²) in [5, 5.41) is 2.60. The molecule has 0 radical (unpaired) electrons. The van der Waals surface area contributed by atoms with Gasteiger partial charge >= 0.3 is 12.5 Å². The van der Waals surface area contributed by atoms with Crippen molar-refractivity contribution in [3.8, 4) is 23.0 Å². The summed E-state index contributed by atoms with van der Waals surface area (Å²) >= 11 is 0. The molecular weight excluding hydrogens is 572 g/mol. The van der Waals surface area contributed by atoms with Crippen LogP contribution < -0.4 is 25.3 Å². The van der Waals surface area contributed by atoms with E-state index in [9.17, 15) is 35.9 Å². The number of anilines is 1. The lowest BCUT2D eigenvalue weighted by Gasteiger charge is -2.30. The minimum Gasteiger partial charge on any atom is -0.493 e. The average Bonchev–Trinajstić information content (AvgIpc) is 2.92.